The van der Waals surface area contributed by atoms with Gasteiger partial charge in [-0.05, 0) is 58.2 Å². The number of esters is 1. The Morgan fingerprint density at radius 3 is 2.71 bits per heavy atom. The summed E-state index contributed by atoms with van der Waals surface area (Å²) < 4.78 is 10.7. The molecule has 1 aliphatic rings. The number of hydrogen-bond donors (Lipinski definition) is 0. The molecule has 2 rings (SSSR count). The number of carbonyl (C=O) groups is 2. The molecule has 0 N–H and O–H groups in total. The average molecular weight is 355 g/mol. The lowest BCUT2D eigenvalue weighted by molar-refractivity contribution is -0.150. The molecule has 0 radical (unpaired) electrons. The van der Waals surface area contributed by atoms with Crippen LogP contribution in [0.2, 0.25) is 5.15 Å². The van der Waals surface area contributed by atoms with Gasteiger partial charge in [-0.3, -0.25) is 4.90 Å². The summed E-state index contributed by atoms with van der Waals surface area (Å²) >= 11 is 5.90. The summed E-state index contributed by atoms with van der Waals surface area (Å²) in [5, 5.41) is 0.359. The smallest absolute Gasteiger partial charge is 0.411 e. The quantitative estimate of drug-likeness (QED) is 0.614. The zero-order valence-electron chi connectivity index (χ0n) is 14.5. The summed E-state index contributed by atoms with van der Waals surface area (Å²) in [7, 11) is 0. The fraction of sp³-hybridized carbons (Fsp3) is 0.588. The molecule has 0 spiro atoms. The van der Waals surface area contributed by atoms with Crippen molar-refractivity contribution < 1.29 is 19.1 Å². The van der Waals surface area contributed by atoms with E-state index in [9.17, 15) is 9.59 Å². The lowest BCUT2D eigenvalue weighted by Gasteiger charge is -2.27. The van der Waals surface area contributed by atoms with Crippen LogP contribution in [0.3, 0.4) is 0 Å². The van der Waals surface area contributed by atoms with Gasteiger partial charge in [0.05, 0.1) is 5.69 Å². The SMILES string of the molecule is Cc1cc(Cl)nc(COC(=O)C2CCCN2C(=O)OC(C)(C)C)c1. The van der Waals surface area contributed by atoms with E-state index < -0.39 is 23.7 Å². The number of rotatable bonds is 3. The molecule has 0 saturated carbocycles. The van der Waals surface area contributed by atoms with Gasteiger partial charge in [0.2, 0.25) is 0 Å². The van der Waals surface area contributed by atoms with Gasteiger partial charge in [-0.25, -0.2) is 14.6 Å². The molecule has 0 bridgehead atoms. The first-order chi connectivity index (χ1) is 11.2. The van der Waals surface area contributed by atoms with E-state index in [4.69, 9.17) is 21.1 Å². The maximum atomic E-state index is 12.3. The topological polar surface area (TPSA) is 68.7 Å². The van der Waals surface area contributed by atoms with Crippen molar-refractivity contribution in [3.63, 3.8) is 0 Å². The van der Waals surface area contributed by atoms with Crippen LogP contribution in [0.4, 0.5) is 4.79 Å². The van der Waals surface area contributed by atoms with Gasteiger partial charge in [-0.1, -0.05) is 11.6 Å². The predicted octanol–water partition coefficient (Wildman–Crippen LogP) is 3.49. The van der Waals surface area contributed by atoms with Crippen LogP contribution in [-0.4, -0.2) is 40.1 Å². The highest BCUT2D eigenvalue weighted by molar-refractivity contribution is 6.29. The second kappa shape index (κ2) is 7.38. The van der Waals surface area contributed by atoms with Crippen LogP contribution in [0.25, 0.3) is 0 Å². The van der Waals surface area contributed by atoms with E-state index >= 15 is 0 Å². The molecule has 6 nitrogen and oxygen atoms in total. The third kappa shape index (κ3) is 5.09. The monoisotopic (exact) mass is 354 g/mol. The van der Waals surface area contributed by atoms with Crippen molar-refractivity contribution in [3.8, 4) is 0 Å². The third-order valence-electron chi connectivity index (χ3n) is 3.51. The van der Waals surface area contributed by atoms with Gasteiger partial charge in [-0.2, -0.15) is 0 Å². The molecule has 0 aromatic carbocycles. The Hall–Kier alpha value is -1.82. The number of aryl methyl sites for hydroxylation is 1. The van der Waals surface area contributed by atoms with Gasteiger partial charge < -0.3 is 9.47 Å². The molecule has 132 valence electrons. The number of nitrogens with zero attached hydrogens (tertiary/aromatic N) is 2. The molecule has 1 atom stereocenters. The molecular weight excluding hydrogens is 332 g/mol. The Kier molecular flexibility index (Phi) is 5.70. The predicted molar refractivity (Wildman–Crippen MR) is 89.7 cm³/mol. The minimum absolute atomic E-state index is 0.0267. The van der Waals surface area contributed by atoms with E-state index in [0.29, 0.717) is 23.8 Å². The first-order valence-corrected chi connectivity index (χ1v) is 8.33. The first kappa shape index (κ1) is 18.5. The van der Waals surface area contributed by atoms with Crippen LogP contribution < -0.4 is 0 Å². The number of likely N-dealkylation sites (tertiary alicyclic amines) is 1. The van der Waals surface area contributed by atoms with Crippen molar-refractivity contribution >= 4 is 23.7 Å². The second-order valence-electron chi connectivity index (χ2n) is 6.90. The minimum atomic E-state index is -0.611. The molecule has 1 unspecified atom stereocenters. The third-order valence-corrected chi connectivity index (χ3v) is 3.70. The number of halogens is 1. The minimum Gasteiger partial charge on any atom is -0.458 e. The number of ether oxygens (including phenoxy) is 2. The van der Waals surface area contributed by atoms with Crippen molar-refractivity contribution in [1.82, 2.24) is 9.88 Å². The number of carbonyl (C=O) groups excluding carboxylic acids is 2. The van der Waals surface area contributed by atoms with E-state index in [1.807, 2.05) is 6.92 Å². The van der Waals surface area contributed by atoms with Crippen molar-refractivity contribution in [2.24, 2.45) is 0 Å². The molecule has 1 amide bonds. The number of hydrogen-bond acceptors (Lipinski definition) is 5. The molecule has 1 saturated heterocycles. The van der Waals surface area contributed by atoms with Crippen LogP contribution in [0, 0.1) is 6.92 Å². The molecule has 1 aliphatic heterocycles. The van der Waals surface area contributed by atoms with E-state index in [1.54, 1.807) is 32.9 Å². The van der Waals surface area contributed by atoms with Crippen LogP contribution in [-0.2, 0) is 20.9 Å². The summed E-state index contributed by atoms with van der Waals surface area (Å²) in [5.41, 5.74) is 0.920. The molecule has 0 aliphatic carbocycles. The van der Waals surface area contributed by atoms with Crippen molar-refractivity contribution in [3.05, 3.63) is 28.5 Å². The molecule has 7 heteroatoms. The zero-order chi connectivity index (χ0) is 17.9. The zero-order valence-corrected chi connectivity index (χ0v) is 15.2. The Balaban J connectivity index is 1.96. The average Bonchev–Trinajstić information content (AvgIpc) is 2.91. The Morgan fingerprint density at radius 1 is 1.38 bits per heavy atom. The Labute approximate surface area is 147 Å². The van der Waals surface area contributed by atoms with Crippen molar-refractivity contribution in [2.45, 2.75) is 58.8 Å². The summed E-state index contributed by atoms with van der Waals surface area (Å²) in [5.74, 6) is -0.446. The molecule has 1 aromatic rings. The molecular formula is C17H23ClN2O4. The maximum absolute atomic E-state index is 12.3. The fourth-order valence-corrected chi connectivity index (χ4v) is 2.84. The highest BCUT2D eigenvalue weighted by Crippen LogP contribution is 2.22. The standard InChI is InChI=1S/C17H23ClN2O4/c1-11-8-12(19-14(18)9-11)10-23-15(21)13-6-5-7-20(13)16(22)24-17(2,3)4/h8-9,13H,5-7,10H2,1-4H3. The first-order valence-electron chi connectivity index (χ1n) is 7.95. The van der Waals surface area contributed by atoms with E-state index in [-0.39, 0.29) is 6.61 Å². The number of aromatic nitrogens is 1. The summed E-state index contributed by atoms with van der Waals surface area (Å²) in [4.78, 5) is 30.1. The van der Waals surface area contributed by atoms with E-state index in [0.717, 1.165) is 12.0 Å². The lowest BCUT2D eigenvalue weighted by Crippen LogP contribution is -2.44. The summed E-state index contributed by atoms with van der Waals surface area (Å²) in [6, 6.07) is 2.92. The number of pyridine rings is 1. The Morgan fingerprint density at radius 2 is 2.08 bits per heavy atom. The van der Waals surface area contributed by atoms with Crippen LogP contribution >= 0.6 is 11.6 Å². The van der Waals surface area contributed by atoms with Crippen LogP contribution in [0.1, 0.15) is 44.9 Å². The molecule has 24 heavy (non-hydrogen) atoms. The summed E-state index contributed by atoms with van der Waals surface area (Å²) in [6.07, 6.45) is 0.826. The second-order valence-corrected chi connectivity index (χ2v) is 7.29. The maximum Gasteiger partial charge on any atom is 0.411 e. The van der Waals surface area contributed by atoms with Gasteiger partial charge in [0, 0.05) is 6.54 Å². The number of amides is 1. The van der Waals surface area contributed by atoms with Gasteiger partial charge in [0.15, 0.2) is 0 Å². The van der Waals surface area contributed by atoms with Crippen molar-refractivity contribution in [2.75, 3.05) is 6.54 Å². The molecule has 1 fully saturated rings. The summed E-state index contributed by atoms with van der Waals surface area (Å²) in [6.45, 7) is 7.78. The lowest BCUT2D eigenvalue weighted by atomic mass is 10.2. The van der Waals surface area contributed by atoms with Gasteiger partial charge >= 0.3 is 12.1 Å². The normalized spacial score (nSPS) is 17.7. The Bertz CT molecular complexity index is 607. The van der Waals surface area contributed by atoms with Gasteiger partial charge in [-0.15, -0.1) is 0 Å². The van der Waals surface area contributed by atoms with Gasteiger partial charge in [0.25, 0.3) is 0 Å². The van der Waals surface area contributed by atoms with E-state index in [2.05, 4.69) is 4.98 Å². The van der Waals surface area contributed by atoms with Crippen LogP contribution in [0.5, 0.6) is 0 Å². The van der Waals surface area contributed by atoms with Gasteiger partial charge in [0.1, 0.15) is 23.4 Å². The molecule has 1 aromatic heterocycles. The van der Waals surface area contributed by atoms with Crippen molar-refractivity contribution in [1.29, 1.82) is 0 Å². The van der Waals surface area contributed by atoms with Crippen LogP contribution in [0.15, 0.2) is 12.1 Å². The highest BCUT2D eigenvalue weighted by atomic mass is 35.5. The highest BCUT2D eigenvalue weighted by Gasteiger charge is 2.37. The van der Waals surface area contributed by atoms with E-state index in [1.165, 1.54) is 4.90 Å². The fourth-order valence-electron chi connectivity index (χ4n) is 2.56. The molecule has 2 heterocycles. The largest absolute Gasteiger partial charge is 0.458 e.